The Hall–Kier alpha value is -2.12. The summed E-state index contributed by atoms with van der Waals surface area (Å²) in [6, 6.07) is 11.3. The largest absolute Gasteiger partial charge is 0.348 e. The summed E-state index contributed by atoms with van der Waals surface area (Å²) < 4.78 is 38.6. The lowest BCUT2D eigenvalue weighted by molar-refractivity contribution is -0.120. The predicted molar refractivity (Wildman–Crippen MR) is 104 cm³/mol. The number of carbonyl (C=O) groups is 1. The zero-order valence-electron chi connectivity index (χ0n) is 14.8. The normalized spacial score (nSPS) is 16.5. The number of nitrogens with zero attached hydrogens (tertiary/aromatic N) is 1. The molecule has 0 radical (unpaired) electrons. The van der Waals surface area contributed by atoms with Crippen LogP contribution in [0.2, 0.25) is 5.02 Å². The van der Waals surface area contributed by atoms with Crippen molar-refractivity contribution in [2.75, 3.05) is 17.1 Å². The average Bonchev–Trinajstić information content (AvgIpc) is 2.61. The van der Waals surface area contributed by atoms with Gasteiger partial charge in [-0.05, 0) is 48.6 Å². The fraction of sp³-hybridized carbons (Fsp3) is 0.316. The molecule has 2 aromatic rings. The summed E-state index contributed by atoms with van der Waals surface area (Å²) in [5.41, 5.74) is 2.40. The molecule has 144 valence electrons. The molecule has 1 aliphatic rings. The van der Waals surface area contributed by atoms with Crippen molar-refractivity contribution in [3.05, 3.63) is 64.4 Å². The van der Waals surface area contributed by atoms with Gasteiger partial charge in [0.05, 0.1) is 23.0 Å². The van der Waals surface area contributed by atoms with Gasteiger partial charge in [-0.25, -0.2) is 12.8 Å². The molecule has 0 spiro atoms. The molecular weight excluding hydrogens is 391 g/mol. The van der Waals surface area contributed by atoms with Crippen molar-refractivity contribution in [1.29, 1.82) is 0 Å². The Morgan fingerprint density at radius 3 is 2.74 bits per heavy atom. The van der Waals surface area contributed by atoms with E-state index in [1.807, 2.05) is 24.3 Å². The Kier molecular flexibility index (Phi) is 5.72. The third kappa shape index (κ3) is 4.59. The second-order valence-corrected chi connectivity index (χ2v) is 8.89. The van der Waals surface area contributed by atoms with Crippen LogP contribution in [0.15, 0.2) is 42.5 Å². The quantitative estimate of drug-likeness (QED) is 0.821. The Balaban J connectivity index is 1.79. The van der Waals surface area contributed by atoms with Crippen molar-refractivity contribution in [1.82, 2.24) is 5.32 Å². The van der Waals surface area contributed by atoms with E-state index < -0.39 is 28.3 Å². The molecule has 0 fully saturated rings. The maximum Gasteiger partial charge on any atom is 0.241 e. The minimum atomic E-state index is -3.75. The molecule has 0 saturated heterocycles. The lowest BCUT2D eigenvalue weighted by atomic mass is 9.88. The zero-order chi connectivity index (χ0) is 19.6. The molecule has 1 aliphatic carbocycles. The van der Waals surface area contributed by atoms with Crippen molar-refractivity contribution in [2.45, 2.75) is 25.3 Å². The van der Waals surface area contributed by atoms with Gasteiger partial charge in [-0.1, -0.05) is 35.9 Å². The highest BCUT2D eigenvalue weighted by Crippen LogP contribution is 2.29. The van der Waals surface area contributed by atoms with Crippen LogP contribution in [0.25, 0.3) is 0 Å². The third-order valence-electron chi connectivity index (χ3n) is 4.58. The summed E-state index contributed by atoms with van der Waals surface area (Å²) in [6.45, 7) is -0.403. The summed E-state index contributed by atoms with van der Waals surface area (Å²) in [5.74, 6) is -1.08. The van der Waals surface area contributed by atoms with Gasteiger partial charge in [0, 0.05) is 0 Å². The SMILES string of the molecule is CS(=O)(=O)N(CC(=O)N[C@H]1CCCc2ccccc21)c1ccc(F)c(Cl)c1. The highest BCUT2D eigenvalue weighted by Gasteiger charge is 2.25. The van der Waals surface area contributed by atoms with Gasteiger partial charge < -0.3 is 5.32 Å². The van der Waals surface area contributed by atoms with Gasteiger partial charge in [0.15, 0.2) is 0 Å². The van der Waals surface area contributed by atoms with Crippen LogP contribution in [-0.2, 0) is 21.2 Å². The Morgan fingerprint density at radius 1 is 1.30 bits per heavy atom. The van der Waals surface area contributed by atoms with Crippen LogP contribution in [0.4, 0.5) is 10.1 Å². The molecule has 0 heterocycles. The number of carbonyl (C=O) groups excluding carboxylic acids is 1. The number of benzene rings is 2. The molecule has 3 rings (SSSR count). The highest BCUT2D eigenvalue weighted by atomic mass is 35.5. The molecule has 0 aromatic heterocycles. The first-order chi connectivity index (χ1) is 12.8. The summed E-state index contributed by atoms with van der Waals surface area (Å²) in [6.07, 6.45) is 3.70. The molecular formula is C19H20ClFN2O3S. The van der Waals surface area contributed by atoms with E-state index in [2.05, 4.69) is 5.32 Å². The number of anilines is 1. The summed E-state index contributed by atoms with van der Waals surface area (Å²) in [5, 5.41) is 2.72. The number of hydrogen-bond donors (Lipinski definition) is 1. The van der Waals surface area contributed by atoms with Gasteiger partial charge in [0.25, 0.3) is 0 Å². The molecule has 8 heteroatoms. The number of halogens is 2. The van der Waals surface area contributed by atoms with Crippen LogP contribution in [0.5, 0.6) is 0 Å². The number of fused-ring (bicyclic) bond motifs is 1. The number of aryl methyl sites for hydroxylation is 1. The van der Waals surface area contributed by atoms with Gasteiger partial charge >= 0.3 is 0 Å². The molecule has 0 aliphatic heterocycles. The topological polar surface area (TPSA) is 66.5 Å². The fourth-order valence-corrected chi connectivity index (χ4v) is 4.34. The predicted octanol–water partition coefficient (Wildman–Crippen LogP) is 3.44. The molecule has 2 aromatic carbocycles. The van der Waals surface area contributed by atoms with E-state index in [1.165, 1.54) is 17.7 Å². The lowest BCUT2D eigenvalue weighted by Crippen LogP contribution is -2.42. The van der Waals surface area contributed by atoms with Crippen molar-refractivity contribution >= 4 is 33.2 Å². The monoisotopic (exact) mass is 410 g/mol. The number of rotatable bonds is 5. The van der Waals surface area contributed by atoms with Crippen molar-refractivity contribution in [3.8, 4) is 0 Å². The first-order valence-corrected chi connectivity index (χ1v) is 10.8. The van der Waals surface area contributed by atoms with Gasteiger partial charge in [0.1, 0.15) is 12.4 Å². The van der Waals surface area contributed by atoms with Gasteiger partial charge in [-0.2, -0.15) is 0 Å². The van der Waals surface area contributed by atoms with Crippen molar-refractivity contribution in [2.24, 2.45) is 0 Å². The van der Waals surface area contributed by atoms with Crippen LogP contribution in [0.3, 0.4) is 0 Å². The fourth-order valence-electron chi connectivity index (χ4n) is 3.31. The smallest absolute Gasteiger partial charge is 0.241 e. The van der Waals surface area contributed by atoms with Crippen LogP contribution >= 0.6 is 11.6 Å². The maximum absolute atomic E-state index is 13.4. The lowest BCUT2D eigenvalue weighted by Gasteiger charge is -2.28. The van der Waals surface area contributed by atoms with Crippen molar-refractivity contribution in [3.63, 3.8) is 0 Å². The minimum Gasteiger partial charge on any atom is -0.348 e. The Labute approximate surface area is 163 Å². The van der Waals surface area contributed by atoms with Gasteiger partial charge in [0.2, 0.25) is 15.9 Å². The van der Waals surface area contributed by atoms with E-state index in [0.29, 0.717) is 0 Å². The highest BCUT2D eigenvalue weighted by molar-refractivity contribution is 7.92. The third-order valence-corrected chi connectivity index (χ3v) is 6.01. The van der Waals surface area contributed by atoms with Gasteiger partial charge in [-0.3, -0.25) is 9.10 Å². The molecule has 27 heavy (non-hydrogen) atoms. The molecule has 5 nitrogen and oxygen atoms in total. The molecule has 0 saturated carbocycles. The first kappa shape index (κ1) is 19.6. The van der Waals surface area contributed by atoms with Crippen LogP contribution < -0.4 is 9.62 Å². The van der Waals surface area contributed by atoms with E-state index in [0.717, 1.165) is 41.5 Å². The second-order valence-electron chi connectivity index (χ2n) is 6.58. The zero-order valence-corrected chi connectivity index (χ0v) is 16.4. The Bertz CT molecular complexity index is 965. The van der Waals surface area contributed by atoms with Crippen LogP contribution in [0.1, 0.15) is 30.0 Å². The molecule has 0 bridgehead atoms. The first-order valence-electron chi connectivity index (χ1n) is 8.55. The maximum atomic E-state index is 13.4. The minimum absolute atomic E-state index is 0.142. The number of hydrogen-bond acceptors (Lipinski definition) is 3. The number of sulfonamides is 1. The van der Waals surface area contributed by atoms with E-state index >= 15 is 0 Å². The van der Waals surface area contributed by atoms with E-state index in [1.54, 1.807) is 0 Å². The van der Waals surface area contributed by atoms with Crippen LogP contribution in [0, 0.1) is 5.82 Å². The number of amides is 1. The van der Waals surface area contributed by atoms with E-state index in [9.17, 15) is 17.6 Å². The molecule has 1 atom stereocenters. The van der Waals surface area contributed by atoms with Crippen LogP contribution in [-0.4, -0.2) is 27.1 Å². The second kappa shape index (κ2) is 7.86. The van der Waals surface area contributed by atoms with E-state index in [4.69, 9.17) is 11.6 Å². The molecule has 0 unspecified atom stereocenters. The van der Waals surface area contributed by atoms with E-state index in [-0.39, 0.29) is 16.8 Å². The molecule has 1 amide bonds. The Morgan fingerprint density at radius 2 is 2.04 bits per heavy atom. The number of nitrogens with one attached hydrogen (secondary N) is 1. The summed E-state index contributed by atoms with van der Waals surface area (Å²) >= 11 is 5.76. The van der Waals surface area contributed by atoms with Gasteiger partial charge in [-0.15, -0.1) is 0 Å². The summed E-state index contributed by atoms with van der Waals surface area (Å²) in [7, 11) is -3.75. The standard InChI is InChI=1S/C19H20ClFN2O3S/c1-27(25,26)23(14-9-10-17(21)16(20)11-14)12-19(24)22-18-8-4-6-13-5-2-3-7-15(13)18/h2-3,5,7,9-11,18H,4,6,8,12H2,1H3,(H,22,24)/t18-/m0/s1. The molecule has 1 N–H and O–H groups in total. The summed E-state index contributed by atoms with van der Waals surface area (Å²) in [4.78, 5) is 12.6. The van der Waals surface area contributed by atoms with Crippen molar-refractivity contribution < 1.29 is 17.6 Å². The average molecular weight is 411 g/mol.